The van der Waals surface area contributed by atoms with E-state index < -0.39 is 17.9 Å². The van der Waals surface area contributed by atoms with E-state index in [1.807, 2.05) is 99.7 Å². The van der Waals surface area contributed by atoms with Gasteiger partial charge in [0.2, 0.25) is 5.91 Å². The average molecular weight is 478 g/mol. The molecule has 0 heterocycles. The topological polar surface area (TPSA) is 99.2 Å². The Labute approximate surface area is 212 Å². The Kier molecular flexibility index (Phi) is 18.0. The van der Waals surface area contributed by atoms with Crippen molar-refractivity contribution in [2.45, 2.75) is 53.0 Å². The summed E-state index contributed by atoms with van der Waals surface area (Å²) < 4.78 is 0. The van der Waals surface area contributed by atoms with Gasteiger partial charge in [0.15, 0.2) is 0 Å². The van der Waals surface area contributed by atoms with Crippen LogP contribution in [0.15, 0.2) is 97.1 Å². The quantitative estimate of drug-likeness (QED) is 0.162. The van der Waals surface area contributed by atoms with Gasteiger partial charge in [-0.1, -0.05) is 99.2 Å². The number of primary amides is 1. The van der Waals surface area contributed by atoms with Crippen LogP contribution in [0.3, 0.4) is 0 Å². The van der Waals surface area contributed by atoms with E-state index in [1.54, 1.807) is 6.08 Å². The second-order valence-corrected chi connectivity index (χ2v) is 7.86. The first-order valence-electron chi connectivity index (χ1n) is 12.1. The van der Waals surface area contributed by atoms with Gasteiger partial charge < -0.3 is 21.6 Å². The number of unbranched alkanes of at least 4 members (excludes halogenated alkanes) is 2. The van der Waals surface area contributed by atoms with E-state index in [2.05, 4.69) is 18.8 Å². The summed E-state index contributed by atoms with van der Waals surface area (Å²) in [6.45, 7) is 11.6. The maximum absolute atomic E-state index is 12.2. The lowest BCUT2D eigenvalue weighted by Gasteiger charge is -2.28. The molecular formula is C30H43N3O2. The van der Waals surface area contributed by atoms with E-state index in [0.29, 0.717) is 6.61 Å². The van der Waals surface area contributed by atoms with Crippen LogP contribution in [0.2, 0.25) is 0 Å². The number of aliphatic hydroxyl groups excluding tert-OH is 1. The standard InChI is InChI=1S/C20H23N3O.C5H12O.C5H8/c1-3-14(2)18(21)17(20(22)24)19(15-10-6-4-7-11-15)23-16-12-8-5-9-13-16;1-2-3-4-5-6;1-3-5-4-2/h3-13,17,19,21,23H,1-2H3,(H2,22,24);6H,2-5H2,1H3;3-5H,1H2,2H3/b14-3+,21-18?;;5-4-. The van der Waals surface area contributed by atoms with Gasteiger partial charge >= 0.3 is 0 Å². The number of nitrogens with one attached hydrogen (secondary N) is 2. The third-order valence-electron chi connectivity index (χ3n) is 5.15. The lowest BCUT2D eigenvalue weighted by Crippen LogP contribution is -2.38. The zero-order valence-electron chi connectivity index (χ0n) is 21.7. The molecule has 35 heavy (non-hydrogen) atoms. The fraction of sp³-hybridized carbons (Fsp3) is 0.333. The average Bonchev–Trinajstić information content (AvgIpc) is 2.88. The highest BCUT2D eigenvalue weighted by Gasteiger charge is 2.32. The highest BCUT2D eigenvalue weighted by molar-refractivity contribution is 6.11. The minimum absolute atomic E-state index is 0.238. The van der Waals surface area contributed by atoms with Crippen molar-refractivity contribution in [1.82, 2.24) is 0 Å². The molecule has 1 amide bonds. The molecule has 5 heteroatoms. The summed E-state index contributed by atoms with van der Waals surface area (Å²) in [6, 6.07) is 18.9. The lowest BCUT2D eigenvalue weighted by molar-refractivity contribution is -0.120. The van der Waals surface area contributed by atoms with Gasteiger partial charge in [-0.3, -0.25) is 4.79 Å². The van der Waals surface area contributed by atoms with Crippen molar-refractivity contribution < 1.29 is 9.90 Å². The molecule has 0 spiro atoms. The molecule has 0 saturated carbocycles. The molecule has 2 rings (SSSR count). The van der Waals surface area contributed by atoms with E-state index in [-0.39, 0.29) is 5.71 Å². The maximum atomic E-state index is 12.2. The second-order valence-electron chi connectivity index (χ2n) is 7.86. The van der Waals surface area contributed by atoms with Crippen molar-refractivity contribution >= 4 is 17.3 Å². The Bertz CT molecular complexity index is 902. The third-order valence-corrected chi connectivity index (χ3v) is 5.15. The number of para-hydroxylation sites is 1. The Morgan fingerprint density at radius 3 is 2.03 bits per heavy atom. The normalized spacial score (nSPS) is 12.3. The molecule has 5 nitrogen and oxygen atoms in total. The highest BCUT2D eigenvalue weighted by Crippen LogP contribution is 2.29. The Balaban J connectivity index is 0.000000877. The van der Waals surface area contributed by atoms with E-state index in [4.69, 9.17) is 16.2 Å². The largest absolute Gasteiger partial charge is 0.396 e. The molecule has 2 unspecified atom stereocenters. The fourth-order valence-electron chi connectivity index (χ4n) is 3.11. The van der Waals surface area contributed by atoms with E-state index in [0.717, 1.165) is 29.7 Å². The highest BCUT2D eigenvalue weighted by atomic mass is 16.2. The first kappa shape index (κ1) is 31.6. The van der Waals surface area contributed by atoms with E-state index in [9.17, 15) is 4.79 Å². The molecule has 0 aromatic heterocycles. The Hall–Kier alpha value is -3.44. The monoisotopic (exact) mass is 477 g/mol. The minimum atomic E-state index is -0.760. The number of nitrogens with two attached hydrogens (primary N) is 1. The smallest absolute Gasteiger partial charge is 0.229 e. The third kappa shape index (κ3) is 13.1. The van der Waals surface area contributed by atoms with Crippen molar-refractivity contribution in [1.29, 1.82) is 5.41 Å². The number of hydrogen-bond acceptors (Lipinski definition) is 4. The molecule has 190 valence electrons. The van der Waals surface area contributed by atoms with Gasteiger partial charge in [-0.25, -0.2) is 0 Å². The van der Waals surface area contributed by atoms with Gasteiger partial charge in [0.25, 0.3) is 0 Å². The van der Waals surface area contributed by atoms with Crippen LogP contribution in [-0.2, 0) is 4.79 Å². The van der Waals surface area contributed by atoms with Gasteiger partial charge in [0, 0.05) is 18.0 Å². The number of carbonyl (C=O) groups is 1. The van der Waals surface area contributed by atoms with E-state index >= 15 is 0 Å². The first-order chi connectivity index (χ1) is 16.9. The fourth-order valence-corrected chi connectivity index (χ4v) is 3.11. The molecule has 2 aromatic rings. The van der Waals surface area contributed by atoms with Crippen LogP contribution in [-0.4, -0.2) is 23.3 Å². The van der Waals surface area contributed by atoms with Gasteiger partial charge in [-0.2, -0.15) is 0 Å². The predicted molar refractivity (Wildman–Crippen MR) is 151 cm³/mol. The molecule has 2 atom stereocenters. The SMILES string of the molecule is C/C=C(\C)C(=N)C(C(N)=O)C(Nc1ccccc1)c1ccccc1.C=C/C=C\C.CCCCCO. The number of carbonyl (C=O) groups excluding carboxylic acids is 1. The van der Waals surface area contributed by atoms with Crippen LogP contribution in [0.5, 0.6) is 0 Å². The molecule has 0 aliphatic carbocycles. The van der Waals surface area contributed by atoms with Crippen molar-refractivity contribution in [2.24, 2.45) is 11.7 Å². The Morgan fingerprint density at radius 2 is 1.66 bits per heavy atom. The van der Waals surface area contributed by atoms with Crippen LogP contribution < -0.4 is 11.1 Å². The molecule has 0 aliphatic rings. The van der Waals surface area contributed by atoms with Crippen molar-refractivity contribution in [2.75, 3.05) is 11.9 Å². The number of allylic oxidation sites excluding steroid dienone is 5. The predicted octanol–water partition coefficient (Wildman–Crippen LogP) is 6.84. The molecule has 2 aromatic carbocycles. The second kappa shape index (κ2) is 20.0. The summed E-state index contributed by atoms with van der Waals surface area (Å²) in [5, 5.41) is 20.0. The Morgan fingerprint density at radius 1 is 1.09 bits per heavy atom. The molecule has 0 bridgehead atoms. The number of anilines is 1. The summed E-state index contributed by atoms with van der Waals surface area (Å²) in [7, 11) is 0. The summed E-state index contributed by atoms with van der Waals surface area (Å²) in [5.41, 5.74) is 8.45. The summed E-state index contributed by atoms with van der Waals surface area (Å²) in [4.78, 5) is 12.2. The number of rotatable bonds is 11. The zero-order chi connectivity index (χ0) is 26.5. The maximum Gasteiger partial charge on any atom is 0.229 e. The van der Waals surface area contributed by atoms with Crippen LogP contribution in [0.1, 0.15) is 58.6 Å². The molecule has 0 aliphatic heterocycles. The van der Waals surface area contributed by atoms with Crippen LogP contribution in [0.25, 0.3) is 0 Å². The molecule has 5 N–H and O–H groups in total. The van der Waals surface area contributed by atoms with Crippen LogP contribution >= 0.6 is 0 Å². The lowest BCUT2D eigenvalue weighted by atomic mass is 9.85. The van der Waals surface area contributed by atoms with E-state index in [1.165, 1.54) is 6.42 Å². The summed E-state index contributed by atoms with van der Waals surface area (Å²) >= 11 is 0. The summed E-state index contributed by atoms with van der Waals surface area (Å²) in [5.74, 6) is -1.28. The van der Waals surface area contributed by atoms with Gasteiger partial charge in [-0.15, -0.1) is 0 Å². The number of amides is 1. The van der Waals surface area contributed by atoms with Crippen LogP contribution in [0.4, 0.5) is 5.69 Å². The summed E-state index contributed by atoms with van der Waals surface area (Å²) in [6.07, 6.45) is 10.7. The van der Waals surface area contributed by atoms with Crippen molar-refractivity contribution in [3.63, 3.8) is 0 Å². The number of benzene rings is 2. The van der Waals surface area contributed by atoms with Crippen molar-refractivity contribution in [3.05, 3.63) is 103 Å². The zero-order valence-corrected chi connectivity index (χ0v) is 21.7. The van der Waals surface area contributed by atoms with Gasteiger partial charge in [0.05, 0.1) is 6.04 Å². The van der Waals surface area contributed by atoms with Crippen molar-refractivity contribution in [3.8, 4) is 0 Å². The minimum Gasteiger partial charge on any atom is -0.396 e. The first-order valence-corrected chi connectivity index (χ1v) is 12.1. The van der Waals surface area contributed by atoms with Gasteiger partial charge in [-0.05, 0) is 50.5 Å². The molecule has 0 radical (unpaired) electrons. The number of hydrogen-bond donors (Lipinski definition) is 4. The molecule has 0 fully saturated rings. The van der Waals surface area contributed by atoms with Crippen LogP contribution in [0, 0.1) is 11.3 Å². The number of aliphatic hydroxyl groups is 1. The molecular weight excluding hydrogens is 434 g/mol. The van der Waals surface area contributed by atoms with Gasteiger partial charge in [0.1, 0.15) is 5.92 Å². The molecule has 0 saturated heterocycles.